The highest BCUT2D eigenvalue weighted by Crippen LogP contribution is 2.31. The molecule has 1 aromatic carbocycles. The maximum absolute atomic E-state index is 12.4. The maximum Gasteiger partial charge on any atom is 0.415 e. The first-order chi connectivity index (χ1) is 10.4. The van der Waals surface area contributed by atoms with Crippen LogP contribution in [0.5, 0.6) is 0 Å². The van der Waals surface area contributed by atoms with Crippen LogP contribution in [0.1, 0.15) is 24.3 Å². The zero-order valence-corrected chi connectivity index (χ0v) is 12.1. The third-order valence-corrected chi connectivity index (χ3v) is 4.45. The van der Waals surface area contributed by atoms with Crippen LogP contribution in [0, 0.1) is 0 Å². The Hall–Kier alpha value is -1.53. The van der Waals surface area contributed by atoms with Gasteiger partial charge in [0.15, 0.2) is 6.10 Å². The van der Waals surface area contributed by atoms with Gasteiger partial charge in [-0.3, -0.25) is 0 Å². The minimum Gasteiger partial charge on any atom is -0.382 e. The minimum atomic E-state index is -4.53. The van der Waals surface area contributed by atoms with E-state index in [0.717, 1.165) is 23.7 Å². The number of nitrogens with one attached hydrogen (secondary N) is 1. The van der Waals surface area contributed by atoms with Gasteiger partial charge >= 0.3 is 6.18 Å². The van der Waals surface area contributed by atoms with Crippen molar-refractivity contribution in [1.29, 1.82) is 0 Å². The minimum absolute atomic E-state index is 0.326. The molecule has 0 saturated carbocycles. The molecular formula is C16H19F3N2O. The lowest BCUT2D eigenvalue weighted by molar-refractivity contribution is -0.208. The average molecular weight is 312 g/mol. The number of aliphatic hydroxyl groups excluding tert-OH is 1. The van der Waals surface area contributed by atoms with Gasteiger partial charge in [-0.05, 0) is 61.0 Å². The van der Waals surface area contributed by atoms with Crippen LogP contribution in [0.3, 0.4) is 0 Å². The zero-order valence-electron chi connectivity index (χ0n) is 12.1. The molecule has 0 spiro atoms. The van der Waals surface area contributed by atoms with Gasteiger partial charge < -0.3 is 15.0 Å². The van der Waals surface area contributed by atoms with Crippen molar-refractivity contribution in [3.05, 3.63) is 36.0 Å². The van der Waals surface area contributed by atoms with E-state index in [0.29, 0.717) is 19.0 Å². The summed E-state index contributed by atoms with van der Waals surface area (Å²) >= 11 is 0. The first-order valence-corrected chi connectivity index (χ1v) is 7.47. The number of aromatic amines is 1. The second kappa shape index (κ2) is 5.93. The fraction of sp³-hybridized carbons (Fsp3) is 0.500. The van der Waals surface area contributed by atoms with Gasteiger partial charge in [0.2, 0.25) is 0 Å². The second-order valence-corrected chi connectivity index (χ2v) is 5.96. The Balaban J connectivity index is 1.59. The standard InChI is InChI=1S/C16H19F3N2O/c17-16(18,19)15(22)10-21-7-4-11(5-8-21)12-1-2-14-13(9-12)3-6-20-14/h1-3,6,9,11,15,20,22H,4-5,7-8,10H2. The highest BCUT2D eigenvalue weighted by Gasteiger charge is 2.39. The van der Waals surface area contributed by atoms with Crippen molar-refractivity contribution in [2.75, 3.05) is 19.6 Å². The Kier molecular flexibility index (Phi) is 4.14. The molecule has 1 aliphatic heterocycles. The third kappa shape index (κ3) is 3.28. The van der Waals surface area contributed by atoms with E-state index in [1.807, 2.05) is 18.3 Å². The number of hydrogen-bond acceptors (Lipinski definition) is 2. The van der Waals surface area contributed by atoms with Gasteiger partial charge in [0.25, 0.3) is 0 Å². The summed E-state index contributed by atoms with van der Waals surface area (Å²) in [6.07, 6.45) is -3.24. The maximum atomic E-state index is 12.4. The van der Waals surface area contributed by atoms with Gasteiger partial charge in [0, 0.05) is 18.3 Å². The number of β-amino-alcohol motifs (C(OH)–C–C–N with tert-alkyl or cyclic N) is 1. The fourth-order valence-corrected chi connectivity index (χ4v) is 3.12. The molecule has 2 aromatic rings. The SMILES string of the molecule is OC(CN1CCC(c2ccc3[nH]ccc3c2)CC1)C(F)(F)F. The summed E-state index contributed by atoms with van der Waals surface area (Å²) in [7, 11) is 0. The lowest BCUT2D eigenvalue weighted by atomic mass is 9.89. The summed E-state index contributed by atoms with van der Waals surface area (Å²) in [5.41, 5.74) is 2.33. The van der Waals surface area contributed by atoms with Crippen LogP contribution < -0.4 is 0 Å². The summed E-state index contributed by atoms with van der Waals surface area (Å²) in [6, 6.07) is 8.30. The van der Waals surface area contributed by atoms with Crippen LogP contribution in [0.4, 0.5) is 13.2 Å². The lowest BCUT2D eigenvalue weighted by Crippen LogP contribution is -2.43. The molecule has 2 N–H and O–H groups in total. The van der Waals surface area contributed by atoms with Crippen molar-refractivity contribution in [2.24, 2.45) is 0 Å². The Bertz CT molecular complexity index is 630. The van der Waals surface area contributed by atoms with E-state index >= 15 is 0 Å². The molecule has 1 saturated heterocycles. The number of likely N-dealkylation sites (tertiary alicyclic amines) is 1. The Morgan fingerprint density at radius 2 is 1.95 bits per heavy atom. The number of piperidine rings is 1. The highest BCUT2D eigenvalue weighted by molar-refractivity contribution is 5.80. The van der Waals surface area contributed by atoms with Crippen molar-refractivity contribution < 1.29 is 18.3 Å². The number of rotatable bonds is 3. The summed E-state index contributed by atoms with van der Waals surface area (Å²) in [6.45, 7) is 0.846. The van der Waals surface area contributed by atoms with Crippen LogP contribution in [0.15, 0.2) is 30.5 Å². The first-order valence-electron chi connectivity index (χ1n) is 7.47. The number of fused-ring (bicyclic) bond motifs is 1. The quantitative estimate of drug-likeness (QED) is 0.913. The van der Waals surface area contributed by atoms with Crippen LogP contribution >= 0.6 is 0 Å². The Labute approximate surface area is 126 Å². The molecule has 1 aliphatic rings. The molecule has 22 heavy (non-hydrogen) atoms. The van der Waals surface area contributed by atoms with E-state index < -0.39 is 12.3 Å². The summed E-state index contributed by atoms with van der Waals surface area (Å²) in [5, 5.41) is 10.3. The number of alkyl halides is 3. The number of benzene rings is 1. The molecule has 1 aromatic heterocycles. The first kappa shape index (κ1) is 15.4. The van der Waals surface area contributed by atoms with Crippen molar-refractivity contribution in [3.8, 4) is 0 Å². The molecule has 2 heterocycles. The predicted octanol–water partition coefficient (Wildman–Crippen LogP) is 3.27. The van der Waals surface area contributed by atoms with Crippen LogP contribution in [-0.4, -0.2) is 46.9 Å². The molecule has 0 radical (unpaired) electrons. The highest BCUT2D eigenvalue weighted by atomic mass is 19.4. The number of aromatic nitrogens is 1. The second-order valence-electron chi connectivity index (χ2n) is 5.96. The van der Waals surface area contributed by atoms with Gasteiger partial charge in [-0.1, -0.05) is 6.07 Å². The third-order valence-electron chi connectivity index (χ3n) is 4.45. The average Bonchev–Trinajstić information content (AvgIpc) is 2.94. The lowest BCUT2D eigenvalue weighted by Gasteiger charge is -2.33. The molecule has 1 atom stereocenters. The molecule has 0 aliphatic carbocycles. The van der Waals surface area contributed by atoms with E-state index in [1.54, 1.807) is 4.90 Å². The van der Waals surface area contributed by atoms with Crippen molar-refractivity contribution in [1.82, 2.24) is 9.88 Å². The van der Waals surface area contributed by atoms with Gasteiger partial charge in [-0.15, -0.1) is 0 Å². The summed E-state index contributed by atoms with van der Waals surface area (Å²) in [5.74, 6) is 0.374. The number of hydrogen-bond donors (Lipinski definition) is 2. The molecule has 3 nitrogen and oxygen atoms in total. The number of nitrogens with zero attached hydrogens (tertiary/aromatic N) is 1. The molecule has 0 amide bonds. The van der Waals surface area contributed by atoms with E-state index in [-0.39, 0.29) is 6.54 Å². The molecule has 120 valence electrons. The van der Waals surface area contributed by atoms with E-state index in [1.165, 1.54) is 5.56 Å². The van der Waals surface area contributed by atoms with Crippen LogP contribution in [-0.2, 0) is 0 Å². The van der Waals surface area contributed by atoms with Gasteiger partial charge in [0.1, 0.15) is 0 Å². The Morgan fingerprint density at radius 3 is 2.64 bits per heavy atom. The molecule has 1 fully saturated rings. The van der Waals surface area contributed by atoms with E-state index in [9.17, 15) is 13.2 Å². The van der Waals surface area contributed by atoms with Crippen molar-refractivity contribution in [3.63, 3.8) is 0 Å². The normalized spacial score (nSPS) is 19.6. The van der Waals surface area contributed by atoms with Gasteiger partial charge in [-0.2, -0.15) is 13.2 Å². The fourth-order valence-electron chi connectivity index (χ4n) is 3.12. The number of H-pyrrole nitrogens is 1. The molecule has 6 heteroatoms. The van der Waals surface area contributed by atoms with Crippen molar-refractivity contribution in [2.45, 2.75) is 31.0 Å². The topological polar surface area (TPSA) is 39.3 Å². The van der Waals surface area contributed by atoms with Crippen LogP contribution in [0.25, 0.3) is 10.9 Å². The summed E-state index contributed by atoms with van der Waals surface area (Å²) in [4.78, 5) is 4.85. The molecular weight excluding hydrogens is 293 g/mol. The zero-order chi connectivity index (χ0) is 15.7. The summed E-state index contributed by atoms with van der Waals surface area (Å²) < 4.78 is 37.2. The predicted molar refractivity (Wildman–Crippen MR) is 78.8 cm³/mol. The Morgan fingerprint density at radius 1 is 1.23 bits per heavy atom. The molecule has 3 rings (SSSR count). The number of halogens is 3. The number of aliphatic hydroxyl groups is 1. The largest absolute Gasteiger partial charge is 0.415 e. The van der Waals surface area contributed by atoms with Crippen LogP contribution in [0.2, 0.25) is 0 Å². The van der Waals surface area contributed by atoms with Gasteiger partial charge in [0.05, 0.1) is 0 Å². The smallest absolute Gasteiger partial charge is 0.382 e. The monoisotopic (exact) mass is 312 g/mol. The molecule has 0 bridgehead atoms. The van der Waals surface area contributed by atoms with E-state index in [2.05, 4.69) is 17.1 Å². The van der Waals surface area contributed by atoms with Crippen molar-refractivity contribution >= 4 is 10.9 Å². The molecule has 1 unspecified atom stereocenters. The van der Waals surface area contributed by atoms with E-state index in [4.69, 9.17) is 5.11 Å². The van der Waals surface area contributed by atoms with Gasteiger partial charge in [-0.25, -0.2) is 0 Å².